The van der Waals surface area contributed by atoms with Crippen molar-refractivity contribution in [3.63, 3.8) is 0 Å². The van der Waals surface area contributed by atoms with E-state index in [1.165, 1.54) is 0 Å². The summed E-state index contributed by atoms with van der Waals surface area (Å²) in [5.74, 6) is 0.805. The Labute approximate surface area is 124 Å². The smallest absolute Gasteiger partial charge is 0.196 e. The van der Waals surface area contributed by atoms with Crippen LogP contribution in [0.2, 0.25) is 0 Å². The molecule has 1 aromatic heterocycles. The van der Waals surface area contributed by atoms with Crippen LogP contribution in [0, 0.1) is 0 Å². The fraction of sp³-hybridized carbons (Fsp3) is 0.471. The maximum Gasteiger partial charge on any atom is 0.196 e. The second-order valence-electron chi connectivity index (χ2n) is 5.74. The van der Waals surface area contributed by atoms with E-state index in [0.717, 1.165) is 35.9 Å². The summed E-state index contributed by atoms with van der Waals surface area (Å²) in [5, 5.41) is 0.868. The molecule has 3 rings (SSSR count). The van der Waals surface area contributed by atoms with E-state index in [4.69, 9.17) is 9.47 Å². The lowest BCUT2D eigenvalue weighted by atomic mass is 9.91. The molecule has 1 atom stereocenters. The van der Waals surface area contributed by atoms with Gasteiger partial charge in [0.05, 0.1) is 12.0 Å². The number of ether oxygens (including phenoxy) is 2. The summed E-state index contributed by atoms with van der Waals surface area (Å²) in [6, 6.07) is 5.81. The summed E-state index contributed by atoms with van der Waals surface area (Å²) in [4.78, 5) is 16.0. The van der Waals surface area contributed by atoms with Crippen molar-refractivity contribution in [1.82, 2.24) is 4.98 Å². The van der Waals surface area contributed by atoms with E-state index < -0.39 is 5.60 Å². The third-order valence-corrected chi connectivity index (χ3v) is 4.07. The van der Waals surface area contributed by atoms with Crippen LogP contribution in [0.15, 0.2) is 24.4 Å². The molecule has 0 bridgehead atoms. The van der Waals surface area contributed by atoms with Crippen molar-refractivity contribution in [3.05, 3.63) is 30.0 Å². The Bertz CT molecular complexity index is 653. The molecule has 0 radical (unpaired) electrons. The Morgan fingerprint density at radius 1 is 1.48 bits per heavy atom. The van der Waals surface area contributed by atoms with E-state index >= 15 is 0 Å². The number of aromatic nitrogens is 1. The van der Waals surface area contributed by atoms with Gasteiger partial charge in [-0.05, 0) is 38.3 Å². The van der Waals surface area contributed by atoms with E-state index in [0.29, 0.717) is 18.8 Å². The number of aromatic amines is 1. The highest BCUT2D eigenvalue weighted by molar-refractivity contribution is 6.13. The van der Waals surface area contributed by atoms with Crippen LogP contribution >= 0.6 is 0 Å². The SMILES string of the molecule is CCCOc1cccc2[nH]cc(C(=O)C3(C)CCCO3)c12. The first-order valence-electron chi connectivity index (χ1n) is 7.57. The van der Waals surface area contributed by atoms with Gasteiger partial charge in [0.1, 0.15) is 11.4 Å². The van der Waals surface area contributed by atoms with Crippen LogP contribution in [0.4, 0.5) is 0 Å². The molecule has 1 unspecified atom stereocenters. The Hall–Kier alpha value is -1.81. The van der Waals surface area contributed by atoms with Crippen LogP contribution in [0.1, 0.15) is 43.5 Å². The third kappa shape index (κ3) is 2.44. The summed E-state index contributed by atoms with van der Waals surface area (Å²) in [5.41, 5.74) is 0.891. The highest BCUT2D eigenvalue weighted by atomic mass is 16.5. The van der Waals surface area contributed by atoms with E-state index in [1.807, 2.05) is 25.1 Å². The standard InChI is InChI=1S/C17H21NO3/c1-3-9-20-14-7-4-6-13-15(14)12(11-18-13)16(19)17(2)8-5-10-21-17/h4,6-7,11,18H,3,5,8-10H2,1-2H3. The molecule has 0 aliphatic carbocycles. The molecule has 0 saturated carbocycles. The van der Waals surface area contributed by atoms with Crippen LogP contribution in [0.5, 0.6) is 5.75 Å². The van der Waals surface area contributed by atoms with Gasteiger partial charge in [-0.1, -0.05) is 13.0 Å². The first-order chi connectivity index (χ1) is 10.2. The molecule has 4 heteroatoms. The third-order valence-electron chi connectivity index (χ3n) is 4.07. The van der Waals surface area contributed by atoms with Gasteiger partial charge in [0.25, 0.3) is 0 Å². The lowest BCUT2D eigenvalue weighted by Gasteiger charge is -2.21. The maximum absolute atomic E-state index is 12.9. The maximum atomic E-state index is 12.9. The number of rotatable bonds is 5. The highest BCUT2D eigenvalue weighted by Crippen LogP contribution is 2.35. The summed E-state index contributed by atoms with van der Waals surface area (Å²) in [7, 11) is 0. The molecule has 1 aliphatic heterocycles. The van der Waals surface area contributed by atoms with Gasteiger partial charge in [-0.25, -0.2) is 0 Å². The minimum Gasteiger partial charge on any atom is -0.493 e. The quantitative estimate of drug-likeness (QED) is 0.853. The molecule has 1 saturated heterocycles. The molecule has 21 heavy (non-hydrogen) atoms. The van der Waals surface area contributed by atoms with Crippen molar-refractivity contribution in [1.29, 1.82) is 0 Å². The number of carbonyl (C=O) groups excluding carboxylic acids is 1. The number of hydrogen-bond donors (Lipinski definition) is 1. The first kappa shape index (κ1) is 14.1. The molecule has 1 N–H and O–H groups in total. The summed E-state index contributed by atoms with van der Waals surface area (Å²) < 4.78 is 11.5. The number of Topliss-reactive ketones (excluding diaryl/α,β-unsaturated/α-hetero) is 1. The van der Waals surface area contributed by atoms with Gasteiger partial charge in [0, 0.05) is 23.9 Å². The normalized spacial score (nSPS) is 21.8. The molecule has 112 valence electrons. The highest BCUT2D eigenvalue weighted by Gasteiger charge is 2.39. The molecule has 1 aromatic carbocycles. The van der Waals surface area contributed by atoms with Crippen LogP contribution in [0.3, 0.4) is 0 Å². The van der Waals surface area contributed by atoms with Crippen molar-refractivity contribution in [3.8, 4) is 5.75 Å². The van der Waals surface area contributed by atoms with Gasteiger partial charge in [-0.15, -0.1) is 0 Å². The minimum atomic E-state index is -0.701. The Kier molecular flexibility index (Phi) is 3.72. The summed E-state index contributed by atoms with van der Waals surface area (Å²) >= 11 is 0. The molecule has 4 nitrogen and oxygen atoms in total. The van der Waals surface area contributed by atoms with Gasteiger partial charge in [0.2, 0.25) is 0 Å². The molecular formula is C17H21NO3. The van der Waals surface area contributed by atoms with Crippen molar-refractivity contribution in [2.24, 2.45) is 0 Å². The fourth-order valence-electron chi connectivity index (χ4n) is 2.91. The van der Waals surface area contributed by atoms with Gasteiger partial charge in [-0.3, -0.25) is 4.79 Å². The van der Waals surface area contributed by atoms with Crippen LogP contribution in [-0.2, 0) is 4.74 Å². The average Bonchev–Trinajstić information content (AvgIpc) is 3.11. The molecule has 2 aromatic rings. The first-order valence-corrected chi connectivity index (χ1v) is 7.57. The second kappa shape index (κ2) is 5.53. The molecule has 0 amide bonds. The van der Waals surface area contributed by atoms with E-state index in [1.54, 1.807) is 6.20 Å². The monoisotopic (exact) mass is 287 g/mol. The minimum absolute atomic E-state index is 0.0406. The lowest BCUT2D eigenvalue weighted by Crippen LogP contribution is -2.34. The number of H-pyrrole nitrogens is 1. The van der Waals surface area contributed by atoms with E-state index in [2.05, 4.69) is 11.9 Å². The zero-order valence-electron chi connectivity index (χ0n) is 12.6. The Balaban J connectivity index is 2.04. The van der Waals surface area contributed by atoms with Crippen molar-refractivity contribution in [2.75, 3.05) is 13.2 Å². The molecule has 1 fully saturated rings. The lowest BCUT2D eigenvalue weighted by molar-refractivity contribution is 0.0215. The van der Waals surface area contributed by atoms with Crippen LogP contribution in [0.25, 0.3) is 10.9 Å². The summed E-state index contributed by atoms with van der Waals surface area (Å²) in [6.07, 6.45) is 4.42. The predicted octanol–water partition coefficient (Wildman–Crippen LogP) is 3.71. The van der Waals surface area contributed by atoms with Crippen molar-refractivity contribution < 1.29 is 14.3 Å². The average molecular weight is 287 g/mol. The molecule has 1 aliphatic rings. The number of carbonyl (C=O) groups is 1. The van der Waals surface area contributed by atoms with E-state index in [-0.39, 0.29) is 5.78 Å². The summed E-state index contributed by atoms with van der Waals surface area (Å²) in [6.45, 7) is 5.25. The Morgan fingerprint density at radius 3 is 3.05 bits per heavy atom. The topological polar surface area (TPSA) is 51.3 Å². The van der Waals surface area contributed by atoms with Crippen molar-refractivity contribution >= 4 is 16.7 Å². The van der Waals surface area contributed by atoms with Crippen LogP contribution in [-0.4, -0.2) is 29.6 Å². The molecule has 2 heterocycles. The van der Waals surface area contributed by atoms with Gasteiger partial charge >= 0.3 is 0 Å². The van der Waals surface area contributed by atoms with Gasteiger partial charge in [-0.2, -0.15) is 0 Å². The molecule has 0 spiro atoms. The largest absolute Gasteiger partial charge is 0.493 e. The Morgan fingerprint density at radius 2 is 2.33 bits per heavy atom. The number of benzene rings is 1. The van der Waals surface area contributed by atoms with Crippen LogP contribution < -0.4 is 4.74 Å². The van der Waals surface area contributed by atoms with Gasteiger partial charge in [0.15, 0.2) is 5.78 Å². The zero-order valence-corrected chi connectivity index (χ0v) is 12.6. The predicted molar refractivity (Wildman–Crippen MR) is 82.0 cm³/mol. The number of ketones is 1. The van der Waals surface area contributed by atoms with Crippen molar-refractivity contribution in [2.45, 2.75) is 38.7 Å². The fourth-order valence-corrected chi connectivity index (χ4v) is 2.91. The number of fused-ring (bicyclic) bond motifs is 1. The number of hydrogen-bond acceptors (Lipinski definition) is 3. The second-order valence-corrected chi connectivity index (χ2v) is 5.74. The zero-order chi connectivity index (χ0) is 14.9. The number of nitrogens with one attached hydrogen (secondary N) is 1. The van der Waals surface area contributed by atoms with E-state index in [9.17, 15) is 4.79 Å². The van der Waals surface area contributed by atoms with Gasteiger partial charge < -0.3 is 14.5 Å². The molecular weight excluding hydrogens is 266 g/mol.